The zero-order chi connectivity index (χ0) is 15.2. The van der Waals surface area contributed by atoms with Crippen LogP contribution in [0.15, 0.2) is 42.5 Å². The normalized spacial score (nSPS) is 12.0. The van der Waals surface area contributed by atoms with Gasteiger partial charge in [-0.2, -0.15) is 0 Å². The average molecular weight is 285 g/mol. The molecule has 0 radical (unpaired) electrons. The molecule has 0 aliphatic rings. The van der Waals surface area contributed by atoms with Crippen LogP contribution in [0, 0.1) is 20.8 Å². The molecule has 0 saturated heterocycles. The maximum atomic E-state index is 9.98. The smallest absolute Gasteiger partial charge is 0.119 e. The van der Waals surface area contributed by atoms with E-state index in [1.165, 1.54) is 16.7 Å². The van der Waals surface area contributed by atoms with E-state index in [1.807, 2.05) is 31.2 Å². The van der Waals surface area contributed by atoms with Crippen LogP contribution in [0.4, 0.5) is 5.69 Å². The second-order valence-electron chi connectivity index (χ2n) is 5.54. The highest BCUT2D eigenvalue weighted by Gasteiger charge is 2.05. The average Bonchev–Trinajstić information content (AvgIpc) is 2.43. The summed E-state index contributed by atoms with van der Waals surface area (Å²) >= 11 is 0. The lowest BCUT2D eigenvalue weighted by atomic mass is 10.1. The van der Waals surface area contributed by atoms with Crippen molar-refractivity contribution < 1.29 is 9.84 Å². The number of rotatable bonds is 6. The van der Waals surface area contributed by atoms with E-state index in [9.17, 15) is 5.11 Å². The minimum Gasteiger partial charge on any atom is -0.491 e. The van der Waals surface area contributed by atoms with Gasteiger partial charge in [-0.05, 0) is 56.2 Å². The van der Waals surface area contributed by atoms with E-state index in [0.29, 0.717) is 6.54 Å². The van der Waals surface area contributed by atoms with E-state index in [-0.39, 0.29) is 6.61 Å². The Bertz CT molecular complexity index is 558. The SMILES string of the molecule is Cc1ccc(OCC(O)CNc2cc(C)cc(C)c2)cc1. The Morgan fingerprint density at radius 3 is 2.19 bits per heavy atom. The van der Waals surface area contributed by atoms with Gasteiger partial charge in [-0.3, -0.25) is 0 Å². The van der Waals surface area contributed by atoms with Crippen LogP contribution in [0.1, 0.15) is 16.7 Å². The Balaban J connectivity index is 1.79. The number of hydrogen-bond acceptors (Lipinski definition) is 3. The summed E-state index contributed by atoms with van der Waals surface area (Å²) in [6, 6.07) is 14.1. The highest BCUT2D eigenvalue weighted by Crippen LogP contribution is 2.14. The molecule has 0 fully saturated rings. The van der Waals surface area contributed by atoms with Crippen LogP contribution < -0.4 is 10.1 Å². The standard InChI is InChI=1S/C18H23NO2/c1-13-4-6-18(7-5-13)21-12-17(20)11-19-16-9-14(2)8-15(3)10-16/h4-10,17,19-20H,11-12H2,1-3H3. The molecule has 0 saturated carbocycles. The van der Waals surface area contributed by atoms with E-state index in [0.717, 1.165) is 11.4 Å². The first kappa shape index (κ1) is 15.4. The van der Waals surface area contributed by atoms with Crippen molar-refractivity contribution in [1.29, 1.82) is 0 Å². The highest BCUT2D eigenvalue weighted by molar-refractivity contribution is 5.48. The summed E-state index contributed by atoms with van der Waals surface area (Å²) in [4.78, 5) is 0. The Labute approximate surface area is 126 Å². The first-order chi connectivity index (χ1) is 10.0. The molecule has 112 valence electrons. The number of ether oxygens (including phenoxy) is 1. The summed E-state index contributed by atoms with van der Waals surface area (Å²) in [5.74, 6) is 0.783. The Morgan fingerprint density at radius 1 is 0.952 bits per heavy atom. The molecule has 1 unspecified atom stereocenters. The molecule has 2 N–H and O–H groups in total. The van der Waals surface area contributed by atoms with Crippen molar-refractivity contribution in [2.75, 3.05) is 18.5 Å². The molecule has 0 aliphatic carbocycles. The molecule has 3 heteroatoms. The molecule has 3 nitrogen and oxygen atoms in total. The van der Waals surface area contributed by atoms with Gasteiger partial charge in [0.15, 0.2) is 0 Å². The summed E-state index contributed by atoms with van der Waals surface area (Å²) in [5, 5.41) is 13.2. The maximum absolute atomic E-state index is 9.98. The number of nitrogens with one attached hydrogen (secondary N) is 1. The summed E-state index contributed by atoms with van der Waals surface area (Å²) in [7, 11) is 0. The molecule has 0 aliphatic heterocycles. The van der Waals surface area contributed by atoms with Crippen LogP contribution in [-0.2, 0) is 0 Å². The van der Waals surface area contributed by atoms with Crippen LogP contribution in [0.25, 0.3) is 0 Å². The Morgan fingerprint density at radius 2 is 1.57 bits per heavy atom. The fourth-order valence-electron chi connectivity index (χ4n) is 2.20. The number of anilines is 1. The molecule has 0 amide bonds. The molecule has 0 aromatic heterocycles. The second-order valence-corrected chi connectivity index (χ2v) is 5.54. The Kier molecular flexibility index (Phi) is 5.23. The topological polar surface area (TPSA) is 41.5 Å². The third kappa shape index (κ3) is 5.12. The number of aliphatic hydroxyl groups is 1. The van der Waals surface area contributed by atoms with Crippen molar-refractivity contribution in [2.45, 2.75) is 26.9 Å². The van der Waals surface area contributed by atoms with Crippen molar-refractivity contribution in [2.24, 2.45) is 0 Å². The van der Waals surface area contributed by atoms with Crippen LogP contribution in [0.2, 0.25) is 0 Å². The molecule has 1 atom stereocenters. The predicted octanol–water partition coefficient (Wildman–Crippen LogP) is 3.46. The molecular weight excluding hydrogens is 262 g/mol. The van der Waals surface area contributed by atoms with Crippen LogP contribution in [0.5, 0.6) is 5.75 Å². The molecule has 2 rings (SSSR count). The lowest BCUT2D eigenvalue weighted by molar-refractivity contribution is 0.117. The molecule has 21 heavy (non-hydrogen) atoms. The van der Waals surface area contributed by atoms with E-state index in [1.54, 1.807) is 0 Å². The predicted molar refractivity (Wildman–Crippen MR) is 87.1 cm³/mol. The molecule has 0 heterocycles. The molecule has 2 aromatic rings. The van der Waals surface area contributed by atoms with Crippen molar-refractivity contribution in [3.05, 3.63) is 59.2 Å². The molecule has 0 bridgehead atoms. The van der Waals surface area contributed by atoms with Gasteiger partial charge in [0, 0.05) is 12.2 Å². The van der Waals surface area contributed by atoms with Gasteiger partial charge in [0.1, 0.15) is 18.5 Å². The van der Waals surface area contributed by atoms with Crippen molar-refractivity contribution in [1.82, 2.24) is 0 Å². The zero-order valence-electron chi connectivity index (χ0n) is 12.9. The van der Waals surface area contributed by atoms with Gasteiger partial charge in [0.2, 0.25) is 0 Å². The quantitative estimate of drug-likeness (QED) is 0.854. The van der Waals surface area contributed by atoms with Crippen molar-refractivity contribution in [3.8, 4) is 5.75 Å². The number of hydrogen-bond donors (Lipinski definition) is 2. The summed E-state index contributed by atoms with van der Waals surface area (Å²) in [6.07, 6.45) is -0.549. The molecule has 2 aromatic carbocycles. The number of aliphatic hydroxyl groups excluding tert-OH is 1. The zero-order valence-corrected chi connectivity index (χ0v) is 12.9. The van der Waals surface area contributed by atoms with Gasteiger partial charge < -0.3 is 15.2 Å². The monoisotopic (exact) mass is 285 g/mol. The van der Waals surface area contributed by atoms with Gasteiger partial charge in [-0.1, -0.05) is 23.8 Å². The first-order valence-electron chi connectivity index (χ1n) is 7.22. The summed E-state index contributed by atoms with van der Waals surface area (Å²) < 4.78 is 5.57. The van der Waals surface area contributed by atoms with E-state index in [2.05, 4.69) is 37.4 Å². The molecular formula is C18H23NO2. The largest absolute Gasteiger partial charge is 0.491 e. The third-order valence-electron chi connectivity index (χ3n) is 3.23. The van der Waals surface area contributed by atoms with Gasteiger partial charge in [0.05, 0.1) is 0 Å². The van der Waals surface area contributed by atoms with Gasteiger partial charge in [0.25, 0.3) is 0 Å². The van der Waals surface area contributed by atoms with Crippen molar-refractivity contribution >= 4 is 5.69 Å². The summed E-state index contributed by atoms with van der Waals surface area (Å²) in [5.41, 5.74) is 4.65. The number of benzene rings is 2. The minimum absolute atomic E-state index is 0.279. The van der Waals surface area contributed by atoms with Crippen molar-refractivity contribution in [3.63, 3.8) is 0 Å². The van der Waals surface area contributed by atoms with Gasteiger partial charge >= 0.3 is 0 Å². The first-order valence-corrected chi connectivity index (χ1v) is 7.22. The second kappa shape index (κ2) is 7.14. The van der Waals surface area contributed by atoms with E-state index < -0.39 is 6.10 Å². The van der Waals surface area contributed by atoms with Crippen LogP contribution >= 0.6 is 0 Å². The lowest BCUT2D eigenvalue weighted by Crippen LogP contribution is -2.26. The highest BCUT2D eigenvalue weighted by atomic mass is 16.5. The van der Waals surface area contributed by atoms with Gasteiger partial charge in [-0.25, -0.2) is 0 Å². The Hall–Kier alpha value is -2.00. The third-order valence-corrected chi connectivity index (χ3v) is 3.23. The summed E-state index contributed by atoms with van der Waals surface area (Å²) in [6.45, 7) is 6.91. The van der Waals surface area contributed by atoms with Crippen LogP contribution in [-0.4, -0.2) is 24.4 Å². The van der Waals surface area contributed by atoms with E-state index >= 15 is 0 Å². The maximum Gasteiger partial charge on any atom is 0.119 e. The fourth-order valence-corrected chi connectivity index (χ4v) is 2.20. The van der Waals surface area contributed by atoms with Crippen LogP contribution in [0.3, 0.4) is 0 Å². The lowest BCUT2D eigenvalue weighted by Gasteiger charge is -2.15. The molecule has 0 spiro atoms. The number of aryl methyl sites for hydroxylation is 3. The minimum atomic E-state index is -0.549. The van der Waals surface area contributed by atoms with E-state index in [4.69, 9.17) is 4.74 Å². The van der Waals surface area contributed by atoms with Gasteiger partial charge in [-0.15, -0.1) is 0 Å². The fraction of sp³-hybridized carbons (Fsp3) is 0.333.